The third-order valence-electron chi connectivity index (χ3n) is 4.61. The number of nitrogens with zero attached hydrogens (tertiary/aromatic N) is 1. The van der Waals surface area contributed by atoms with Crippen LogP contribution in [0.3, 0.4) is 0 Å². The number of benzene rings is 1. The highest BCUT2D eigenvalue weighted by Crippen LogP contribution is 2.29. The van der Waals surface area contributed by atoms with Gasteiger partial charge in [-0.05, 0) is 56.8 Å². The average Bonchev–Trinajstić information content (AvgIpc) is 2.58. The van der Waals surface area contributed by atoms with Gasteiger partial charge in [-0.1, -0.05) is 30.4 Å². The molecule has 1 aromatic carbocycles. The first-order valence-corrected chi connectivity index (χ1v) is 8.69. The summed E-state index contributed by atoms with van der Waals surface area (Å²) < 4.78 is 38.0. The predicted octanol–water partition coefficient (Wildman–Crippen LogP) is 3.78. The third kappa shape index (κ3) is 6.53. The number of nitrogens with two attached hydrogens (primary N) is 1. The zero-order valence-corrected chi connectivity index (χ0v) is 14.3. The van der Waals surface area contributed by atoms with Crippen LogP contribution in [0.1, 0.15) is 36.8 Å². The highest BCUT2D eigenvalue weighted by atomic mass is 19.4. The van der Waals surface area contributed by atoms with E-state index in [0.717, 1.165) is 56.9 Å². The molecule has 0 aromatic heterocycles. The lowest BCUT2D eigenvalue weighted by Gasteiger charge is -2.29. The summed E-state index contributed by atoms with van der Waals surface area (Å²) in [5, 5.41) is 0. The normalized spacial score (nSPS) is 17.2. The topological polar surface area (TPSA) is 46.3 Å². The van der Waals surface area contributed by atoms with Crippen LogP contribution in [0.5, 0.6) is 0 Å². The lowest BCUT2D eigenvalue weighted by molar-refractivity contribution is -0.137. The number of piperidine rings is 1. The van der Waals surface area contributed by atoms with E-state index in [0.29, 0.717) is 6.42 Å². The lowest BCUT2D eigenvalue weighted by atomic mass is 9.96. The number of amides is 1. The van der Waals surface area contributed by atoms with E-state index >= 15 is 0 Å². The van der Waals surface area contributed by atoms with Gasteiger partial charge in [0.25, 0.3) is 0 Å². The molecule has 1 amide bonds. The average molecular weight is 354 g/mol. The van der Waals surface area contributed by atoms with Crippen molar-refractivity contribution in [2.24, 2.45) is 11.7 Å². The number of rotatable bonds is 7. The molecule has 1 fully saturated rings. The summed E-state index contributed by atoms with van der Waals surface area (Å²) in [6, 6.07) is 5.53. The maximum atomic E-state index is 12.7. The van der Waals surface area contributed by atoms with Crippen molar-refractivity contribution in [3.8, 4) is 0 Å². The number of carbonyl (C=O) groups excluding carboxylic acids is 1. The van der Waals surface area contributed by atoms with E-state index in [-0.39, 0.29) is 11.8 Å². The Morgan fingerprint density at radius 1 is 1.24 bits per heavy atom. The number of hydrogen-bond acceptors (Lipinski definition) is 2. The standard InChI is InChI=1S/C19H25F3N2O/c20-19(21,22)17-8-5-7-15(14-17)6-3-1-2-4-11-24-12-9-16(10-13-24)18(23)25/h2,4-5,7-8,14,16H,1,3,6,9-13H2,(H2,23,25)/b4-2+. The number of primary amides is 1. The predicted molar refractivity (Wildman–Crippen MR) is 91.9 cm³/mol. The zero-order chi connectivity index (χ0) is 18.3. The van der Waals surface area contributed by atoms with Crippen molar-refractivity contribution in [2.45, 2.75) is 38.3 Å². The second kappa shape index (κ2) is 9.04. The Labute approximate surface area is 146 Å². The van der Waals surface area contributed by atoms with Crippen LogP contribution in [0, 0.1) is 5.92 Å². The maximum Gasteiger partial charge on any atom is 0.416 e. The smallest absolute Gasteiger partial charge is 0.369 e. The second-order valence-electron chi connectivity index (χ2n) is 6.54. The molecule has 1 aliphatic rings. The number of hydrogen-bond donors (Lipinski definition) is 1. The Morgan fingerprint density at radius 3 is 2.60 bits per heavy atom. The van der Waals surface area contributed by atoms with Gasteiger partial charge in [0.05, 0.1) is 5.56 Å². The SMILES string of the molecule is NC(=O)C1CCN(C/C=C/CCCc2cccc(C(F)(F)F)c2)CC1. The molecule has 1 aromatic rings. The molecule has 2 rings (SSSR count). The molecule has 1 aliphatic heterocycles. The van der Waals surface area contributed by atoms with Gasteiger partial charge >= 0.3 is 6.18 Å². The van der Waals surface area contributed by atoms with Crippen LogP contribution in [0.2, 0.25) is 0 Å². The van der Waals surface area contributed by atoms with Gasteiger partial charge in [-0.15, -0.1) is 0 Å². The van der Waals surface area contributed by atoms with Crippen molar-refractivity contribution in [1.29, 1.82) is 0 Å². The van der Waals surface area contributed by atoms with Gasteiger partial charge in [0, 0.05) is 12.5 Å². The van der Waals surface area contributed by atoms with Crippen molar-refractivity contribution < 1.29 is 18.0 Å². The van der Waals surface area contributed by atoms with Crippen LogP contribution in [0.4, 0.5) is 13.2 Å². The molecule has 0 saturated carbocycles. The lowest BCUT2D eigenvalue weighted by Crippen LogP contribution is -2.38. The van der Waals surface area contributed by atoms with E-state index in [2.05, 4.69) is 17.1 Å². The van der Waals surface area contributed by atoms with Gasteiger partial charge in [0.2, 0.25) is 5.91 Å². The van der Waals surface area contributed by atoms with Crippen LogP contribution < -0.4 is 5.73 Å². The highest BCUT2D eigenvalue weighted by Gasteiger charge is 2.30. The van der Waals surface area contributed by atoms with E-state index < -0.39 is 11.7 Å². The Balaban J connectivity index is 1.65. The van der Waals surface area contributed by atoms with Gasteiger partial charge in [-0.3, -0.25) is 9.69 Å². The van der Waals surface area contributed by atoms with E-state index in [4.69, 9.17) is 5.73 Å². The summed E-state index contributed by atoms with van der Waals surface area (Å²) in [7, 11) is 0. The molecule has 138 valence electrons. The molecule has 3 nitrogen and oxygen atoms in total. The van der Waals surface area contributed by atoms with Crippen LogP contribution in [-0.4, -0.2) is 30.4 Å². The molecule has 1 heterocycles. The molecule has 6 heteroatoms. The molecule has 0 bridgehead atoms. The number of likely N-dealkylation sites (tertiary alicyclic amines) is 1. The molecule has 0 unspecified atom stereocenters. The number of aryl methyl sites for hydroxylation is 1. The molecule has 0 radical (unpaired) electrons. The summed E-state index contributed by atoms with van der Waals surface area (Å²) in [6.07, 6.45) is 3.83. The fraction of sp³-hybridized carbons (Fsp3) is 0.526. The van der Waals surface area contributed by atoms with Gasteiger partial charge in [0.15, 0.2) is 0 Å². The van der Waals surface area contributed by atoms with Gasteiger partial charge in [-0.25, -0.2) is 0 Å². The first-order chi connectivity index (χ1) is 11.9. The van der Waals surface area contributed by atoms with E-state index in [9.17, 15) is 18.0 Å². The second-order valence-corrected chi connectivity index (χ2v) is 6.54. The van der Waals surface area contributed by atoms with Crippen LogP contribution in [0.25, 0.3) is 0 Å². The molecule has 0 atom stereocenters. The van der Waals surface area contributed by atoms with Crippen molar-refractivity contribution >= 4 is 5.91 Å². The van der Waals surface area contributed by atoms with Crippen molar-refractivity contribution in [1.82, 2.24) is 4.90 Å². The molecular weight excluding hydrogens is 329 g/mol. The Kier molecular flexibility index (Phi) is 7.05. The molecule has 0 spiro atoms. The van der Waals surface area contributed by atoms with E-state index in [1.807, 2.05) is 0 Å². The first kappa shape index (κ1) is 19.5. The minimum atomic E-state index is -4.28. The Morgan fingerprint density at radius 2 is 1.96 bits per heavy atom. The quantitative estimate of drug-likeness (QED) is 0.598. The molecule has 25 heavy (non-hydrogen) atoms. The summed E-state index contributed by atoms with van der Waals surface area (Å²) in [4.78, 5) is 13.4. The number of alkyl halides is 3. The van der Waals surface area contributed by atoms with E-state index in [1.165, 1.54) is 12.1 Å². The highest BCUT2D eigenvalue weighted by molar-refractivity contribution is 5.76. The Hall–Kier alpha value is -1.82. The fourth-order valence-corrected chi connectivity index (χ4v) is 3.07. The maximum absolute atomic E-state index is 12.7. The number of halogens is 3. The minimum absolute atomic E-state index is 0.00712. The fourth-order valence-electron chi connectivity index (χ4n) is 3.07. The van der Waals surface area contributed by atoms with Crippen molar-refractivity contribution in [3.05, 3.63) is 47.5 Å². The Bertz CT molecular complexity index is 591. The summed E-state index contributed by atoms with van der Waals surface area (Å²) in [6.45, 7) is 2.60. The van der Waals surface area contributed by atoms with Crippen LogP contribution in [0.15, 0.2) is 36.4 Å². The first-order valence-electron chi connectivity index (χ1n) is 8.69. The van der Waals surface area contributed by atoms with E-state index in [1.54, 1.807) is 6.07 Å². The largest absolute Gasteiger partial charge is 0.416 e. The minimum Gasteiger partial charge on any atom is -0.369 e. The van der Waals surface area contributed by atoms with Crippen molar-refractivity contribution in [3.63, 3.8) is 0 Å². The summed E-state index contributed by atoms with van der Waals surface area (Å²) >= 11 is 0. The molecule has 0 aliphatic carbocycles. The number of allylic oxidation sites excluding steroid dienone is 1. The molecule has 1 saturated heterocycles. The van der Waals surface area contributed by atoms with Crippen molar-refractivity contribution in [2.75, 3.05) is 19.6 Å². The zero-order valence-electron chi connectivity index (χ0n) is 14.3. The molecular formula is C19H25F3N2O. The van der Waals surface area contributed by atoms with Gasteiger partial charge in [0.1, 0.15) is 0 Å². The number of unbranched alkanes of at least 4 members (excludes halogenated alkanes) is 1. The monoisotopic (exact) mass is 354 g/mol. The summed E-state index contributed by atoms with van der Waals surface area (Å²) in [5.41, 5.74) is 5.45. The third-order valence-corrected chi connectivity index (χ3v) is 4.61. The molecule has 2 N–H and O–H groups in total. The number of carbonyl (C=O) groups is 1. The van der Waals surface area contributed by atoms with Crippen LogP contribution in [-0.2, 0) is 17.4 Å². The van der Waals surface area contributed by atoms with Gasteiger partial charge < -0.3 is 5.73 Å². The van der Waals surface area contributed by atoms with Gasteiger partial charge in [-0.2, -0.15) is 13.2 Å². The summed E-state index contributed by atoms with van der Waals surface area (Å²) in [5.74, 6) is -0.197. The van der Waals surface area contributed by atoms with Crippen LogP contribution >= 0.6 is 0 Å².